The van der Waals surface area contributed by atoms with Gasteiger partial charge >= 0.3 is 0 Å². The topological polar surface area (TPSA) is 156 Å². The molecule has 1 saturated heterocycles. The van der Waals surface area contributed by atoms with Crippen molar-refractivity contribution in [2.75, 3.05) is 39.9 Å². The number of carbonyl (C=O) groups excluding carboxylic acids is 3. The minimum Gasteiger partial charge on any atom is -0.484 e. The summed E-state index contributed by atoms with van der Waals surface area (Å²) in [5.74, 6) is 2.98. The standard InChI is InChI=1S/C27H33BrN4O3.C23H41N3O2/c1-2-3-14-27(21-8-7-9-22(28)17-21)25(34)32(26(29)30-27)18-20-12-15-31(16-13-20)24(33)19-35-23-10-5-4-6-11-23;1-3-4-15-28-20-12-8-11-19(16-20)17-23(21(27)26(2)22(24)25-23)14-13-18-9-6-5-7-10-18/h4-11,17,20H,2-3,12-16,18-19H2,1H3,(H2,29,30);18-20H,3-17H2,1-2H3,(H2,24,25)/t;19?,20?,23-/m.1/s1. The lowest BCUT2D eigenvalue weighted by Gasteiger charge is -2.35. The number of amides is 3. The lowest BCUT2D eigenvalue weighted by molar-refractivity contribution is -0.136. The summed E-state index contributed by atoms with van der Waals surface area (Å²) in [6, 6.07) is 17.2. The van der Waals surface area contributed by atoms with Gasteiger partial charge in [0.1, 0.15) is 11.3 Å². The van der Waals surface area contributed by atoms with Crippen LogP contribution in [0.4, 0.5) is 0 Å². The maximum Gasteiger partial charge on any atom is 0.261 e. The van der Waals surface area contributed by atoms with Crippen LogP contribution in [-0.2, 0) is 24.7 Å². The molecule has 13 heteroatoms. The molecule has 0 radical (unpaired) electrons. The molecule has 3 amide bonds. The highest BCUT2D eigenvalue weighted by Gasteiger charge is 2.50. The molecule has 2 aromatic rings. The largest absolute Gasteiger partial charge is 0.484 e. The van der Waals surface area contributed by atoms with Crippen LogP contribution in [0.15, 0.2) is 69.1 Å². The van der Waals surface area contributed by atoms with E-state index in [1.54, 1.807) is 16.8 Å². The first-order chi connectivity index (χ1) is 30.5. The molecule has 0 spiro atoms. The number of benzene rings is 2. The SMILES string of the molecule is CCCCC1(c2cccc(Br)c2)N=C(N)N(CC2CCN(C(=O)COc3ccccc3)CC2)C1=O.CCCCOC1CCCC(C[C@@]2(CCC3CCCCC3)N=C(N)N(C)C2=O)C1. The number of carbonyl (C=O) groups is 3. The lowest BCUT2D eigenvalue weighted by atomic mass is 9.74. The molecule has 4 N–H and O–H groups in total. The molecule has 63 heavy (non-hydrogen) atoms. The zero-order valence-corrected chi connectivity index (χ0v) is 39.9. The quantitative estimate of drug-likeness (QED) is 0.141. The van der Waals surface area contributed by atoms with Crippen LogP contribution in [0, 0.1) is 17.8 Å². The molecule has 0 bridgehead atoms. The second kappa shape index (κ2) is 23.3. The summed E-state index contributed by atoms with van der Waals surface area (Å²) >= 11 is 3.53. The van der Waals surface area contributed by atoms with E-state index in [0.29, 0.717) is 55.7 Å². The fourth-order valence-corrected chi connectivity index (χ4v) is 10.8. The Morgan fingerprint density at radius 1 is 0.810 bits per heavy atom. The van der Waals surface area contributed by atoms with Crippen LogP contribution in [0.5, 0.6) is 5.75 Å². The molecule has 3 unspecified atom stereocenters. The third kappa shape index (κ3) is 12.6. The summed E-state index contributed by atoms with van der Waals surface area (Å²) in [6.07, 6.45) is 20.9. The molecular formula is C50H74BrN7O5. The lowest BCUT2D eigenvalue weighted by Crippen LogP contribution is -2.48. The molecular weight excluding hydrogens is 858 g/mol. The second-order valence-corrected chi connectivity index (χ2v) is 19.7. The molecule has 3 heterocycles. The first kappa shape index (κ1) is 48.5. The molecule has 2 saturated carbocycles. The van der Waals surface area contributed by atoms with Crippen molar-refractivity contribution in [3.05, 3.63) is 64.6 Å². The van der Waals surface area contributed by atoms with E-state index in [-0.39, 0.29) is 30.2 Å². The van der Waals surface area contributed by atoms with Crippen LogP contribution in [-0.4, -0.2) is 95.9 Å². The summed E-state index contributed by atoms with van der Waals surface area (Å²) in [7, 11) is 1.78. The van der Waals surface area contributed by atoms with Gasteiger partial charge in [-0.2, -0.15) is 0 Å². The number of hydrogen-bond donors (Lipinski definition) is 2. The maximum atomic E-state index is 13.8. The van der Waals surface area contributed by atoms with Gasteiger partial charge in [-0.1, -0.05) is 124 Å². The molecule has 5 aliphatic rings. The van der Waals surface area contributed by atoms with E-state index in [2.05, 4.69) is 29.8 Å². The molecule has 2 aliphatic carbocycles. The van der Waals surface area contributed by atoms with Crippen molar-refractivity contribution >= 4 is 45.6 Å². The molecule has 12 nitrogen and oxygen atoms in total. The fraction of sp³-hybridized carbons (Fsp3) is 0.660. The van der Waals surface area contributed by atoms with E-state index in [4.69, 9.17) is 30.9 Å². The van der Waals surface area contributed by atoms with Gasteiger partial charge in [-0.25, -0.2) is 9.98 Å². The Bertz CT molecular complexity index is 1870. The van der Waals surface area contributed by atoms with E-state index in [9.17, 15) is 14.4 Å². The summed E-state index contributed by atoms with van der Waals surface area (Å²) in [6.45, 7) is 7.03. The number of hydrogen-bond acceptors (Lipinski definition) is 9. The van der Waals surface area contributed by atoms with E-state index in [1.165, 1.54) is 51.4 Å². The number of para-hydroxylation sites is 1. The first-order valence-electron chi connectivity index (χ1n) is 24.1. The number of piperidine rings is 1. The molecule has 0 aromatic heterocycles. The Hall–Kier alpha value is -3.97. The van der Waals surface area contributed by atoms with Gasteiger partial charge in [0.25, 0.3) is 17.7 Å². The Balaban J connectivity index is 0.000000215. The summed E-state index contributed by atoms with van der Waals surface area (Å²) in [4.78, 5) is 54.2. The fourth-order valence-electron chi connectivity index (χ4n) is 10.4. The van der Waals surface area contributed by atoms with Gasteiger partial charge in [0, 0.05) is 37.8 Å². The Morgan fingerprint density at radius 3 is 2.22 bits per heavy atom. The third-order valence-corrected chi connectivity index (χ3v) is 14.7. The van der Waals surface area contributed by atoms with Crippen molar-refractivity contribution in [1.29, 1.82) is 0 Å². The Labute approximate surface area is 385 Å². The van der Waals surface area contributed by atoms with Crippen LogP contribution in [0.3, 0.4) is 0 Å². The van der Waals surface area contributed by atoms with Crippen molar-refractivity contribution in [2.24, 2.45) is 39.2 Å². The average molecular weight is 933 g/mol. The monoisotopic (exact) mass is 931 g/mol. The molecule has 4 atom stereocenters. The number of ether oxygens (including phenoxy) is 2. The number of rotatable bonds is 18. The third-order valence-electron chi connectivity index (χ3n) is 14.2. The van der Waals surface area contributed by atoms with E-state index >= 15 is 0 Å². The number of halogens is 1. The van der Waals surface area contributed by atoms with Crippen LogP contribution in [0.25, 0.3) is 0 Å². The normalized spacial score (nSPS) is 25.7. The number of unbranched alkanes of at least 4 members (excludes halogenated alkanes) is 2. The van der Waals surface area contributed by atoms with Crippen LogP contribution in [0.1, 0.15) is 141 Å². The molecule has 3 aliphatic heterocycles. The van der Waals surface area contributed by atoms with E-state index < -0.39 is 11.1 Å². The van der Waals surface area contributed by atoms with Crippen molar-refractivity contribution < 1.29 is 23.9 Å². The van der Waals surface area contributed by atoms with Gasteiger partial charge in [-0.3, -0.25) is 24.2 Å². The summed E-state index contributed by atoms with van der Waals surface area (Å²) < 4.78 is 12.6. The summed E-state index contributed by atoms with van der Waals surface area (Å²) in [5, 5.41) is 0. The maximum absolute atomic E-state index is 13.8. The van der Waals surface area contributed by atoms with Crippen LogP contribution >= 0.6 is 15.9 Å². The van der Waals surface area contributed by atoms with Gasteiger partial charge in [0.05, 0.1) is 6.10 Å². The Morgan fingerprint density at radius 2 is 1.54 bits per heavy atom. The second-order valence-electron chi connectivity index (χ2n) is 18.8. The minimum absolute atomic E-state index is 0.0149. The van der Waals surface area contributed by atoms with E-state index in [0.717, 1.165) is 86.8 Å². The number of aliphatic imine (C=N–C) groups is 2. The number of likely N-dealkylation sites (N-methyl/N-ethyl adjacent to an activating group) is 1. The van der Waals surface area contributed by atoms with Crippen LogP contribution in [0.2, 0.25) is 0 Å². The summed E-state index contributed by atoms with van der Waals surface area (Å²) in [5.41, 5.74) is 11.7. The van der Waals surface area contributed by atoms with Gasteiger partial charge < -0.3 is 25.8 Å². The minimum atomic E-state index is -0.963. The van der Waals surface area contributed by atoms with Gasteiger partial charge in [0.2, 0.25) is 0 Å². The molecule has 7 rings (SSSR count). The highest BCUT2D eigenvalue weighted by molar-refractivity contribution is 9.10. The highest BCUT2D eigenvalue weighted by atomic mass is 79.9. The predicted molar refractivity (Wildman–Crippen MR) is 254 cm³/mol. The van der Waals surface area contributed by atoms with Crippen molar-refractivity contribution in [1.82, 2.24) is 14.7 Å². The van der Waals surface area contributed by atoms with Crippen molar-refractivity contribution in [2.45, 2.75) is 153 Å². The van der Waals surface area contributed by atoms with Crippen molar-refractivity contribution in [3.8, 4) is 5.75 Å². The number of nitrogens with zero attached hydrogens (tertiary/aromatic N) is 5. The molecule has 3 fully saturated rings. The number of guanidine groups is 2. The predicted octanol–water partition coefficient (Wildman–Crippen LogP) is 8.95. The van der Waals surface area contributed by atoms with Crippen LogP contribution < -0.4 is 16.2 Å². The smallest absolute Gasteiger partial charge is 0.261 e. The average Bonchev–Trinajstić information content (AvgIpc) is 3.67. The number of nitrogens with two attached hydrogens (primary N) is 2. The Kier molecular flexibility index (Phi) is 17.9. The highest BCUT2D eigenvalue weighted by Crippen LogP contribution is 2.42. The zero-order valence-electron chi connectivity index (χ0n) is 38.3. The molecule has 2 aromatic carbocycles. The van der Waals surface area contributed by atoms with Gasteiger partial charge in [-0.15, -0.1) is 0 Å². The number of likely N-dealkylation sites (tertiary alicyclic amines) is 1. The van der Waals surface area contributed by atoms with Gasteiger partial charge in [-0.05, 0) is 105 Å². The molecule has 346 valence electrons. The van der Waals surface area contributed by atoms with E-state index in [1.807, 2.05) is 59.5 Å². The zero-order chi connectivity index (χ0) is 44.8. The van der Waals surface area contributed by atoms with Gasteiger partial charge in [0.15, 0.2) is 24.1 Å². The first-order valence-corrected chi connectivity index (χ1v) is 24.9. The van der Waals surface area contributed by atoms with Crippen molar-refractivity contribution in [3.63, 3.8) is 0 Å².